The highest BCUT2D eigenvalue weighted by Crippen LogP contribution is 2.31. The Kier molecular flexibility index (Phi) is 9.49. The summed E-state index contributed by atoms with van der Waals surface area (Å²) in [5, 5.41) is 12.8. The lowest BCUT2D eigenvalue weighted by atomic mass is 9.99. The third kappa shape index (κ3) is 7.28. The van der Waals surface area contributed by atoms with Crippen LogP contribution < -0.4 is 10.1 Å². The number of nitrogens with zero attached hydrogens (tertiary/aromatic N) is 3. The van der Waals surface area contributed by atoms with E-state index in [9.17, 15) is 14.7 Å². The van der Waals surface area contributed by atoms with Gasteiger partial charge in [0.05, 0.1) is 18.2 Å². The Morgan fingerprint density at radius 3 is 2.44 bits per heavy atom. The standard InChI is InChI=1S/C35H38N4O4/c1-24-20-39(25(2)23-40)35(42)31-19-30(37-34(41)29-15-17-36-18-16-29)13-14-32(31)43-33(24)22-38(3)21-26-9-11-28(12-10-26)27-7-5-4-6-8-27/h4-19,24-25,33,40H,20-23H2,1-3H3,(H,37,41)/t24-,25+,33+/m1/s1. The van der Waals surface area contributed by atoms with Gasteiger partial charge in [-0.05, 0) is 61.0 Å². The van der Waals surface area contributed by atoms with Gasteiger partial charge in [-0.15, -0.1) is 0 Å². The zero-order valence-electron chi connectivity index (χ0n) is 24.8. The Morgan fingerprint density at radius 2 is 1.74 bits per heavy atom. The van der Waals surface area contributed by atoms with E-state index in [1.807, 2.05) is 25.1 Å². The van der Waals surface area contributed by atoms with Gasteiger partial charge in [-0.25, -0.2) is 0 Å². The molecule has 0 aliphatic carbocycles. The molecule has 0 spiro atoms. The first kappa shape index (κ1) is 29.9. The predicted molar refractivity (Wildman–Crippen MR) is 168 cm³/mol. The molecule has 8 heteroatoms. The number of hydrogen-bond donors (Lipinski definition) is 2. The van der Waals surface area contributed by atoms with Crippen molar-refractivity contribution in [3.63, 3.8) is 0 Å². The van der Waals surface area contributed by atoms with Gasteiger partial charge in [0, 0.05) is 49.2 Å². The Bertz CT molecular complexity index is 1530. The number of pyridine rings is 1. The van der Waals surface area contributed by atoms with Crippen LogP contribution in [0.4, 0.5) is 5.69 Å². The molecule has 43 heavy (non-hydrogen) atoms. The van der Waals surface area contributed by atoms with Crippen molar-refractivity contribution in [1.82, 2.24) is 14.8 Å². The normalized spacial score (nSPS) is 17.4. The van der Waals surface area contributed by atoms with Crippen LogP contribution in [0.2, 0.25) is 0 Å². The van der Waals surface area contributed by atoms with Crippen molar-refractivity contribution in [3.8, 4) is 16.9 Å². The number of amides is 2. The Labute approximate surface area is 252 Å². The van der Waals surface area contributed by atoms with Crippen LogP contribution in [0.25, 0.3) is 11.1 Å². The van der Waals surface area contributed by atoms with Gasteiger partial charge in [-0.1, -0.05) is 61.5 Å². The Hall–Kier alpha value is -4.53. The highest BCUT2D eigenvalue weighted by atomic mass is 16.5. The second kappa shape index (κ2) is 13.6. The molecule has 1 aliphatic heterocycles. The number of carbonyl (C=O) groups is 2. The van der Waals surface area contributed by atoms with Crippen molar-refractivity contribution in [1.29, 1.82) is 0 Å². The number of nitrogens with one attached hydrogen (secondary N) is 1. The molecule has 0 saturated carbocycles. The predicted octanol–water partition coefficient (Wildman–Crippen LogP) is 5.35. The molecule has 2 N–H and O–H groups in total. The molecule has 2 heterocycles. The van der Waals surface area contributed by atoms with E-state index < -0.39 is 0 Å². The van der Waals surface area contributed by atoms with E-state index in [1.165, 1.54) is 16.7 Å². The van der Waals surface area contributed by atoms with Crippen LogP contribution in [0.3, 0.4) is 0 Å². The fourth-order valence-electron chi connectivity index (χ4n) is 5.34. The minimum absolute atomic E-state index is 0.0000704. The number of aromatic nitrogens is 1. The zero-order valence-corrected chi connectivity index (χ0v) is 24.8. The summed E-state index contributed by atoms with van der Waals surface area (Å²) >= 11 is 0. The van der Waals surface area contributed by atoms with Crippen LogP contribution >= 0.6 is 0 Å². The molecule has 3 aromatic carbocycles. The van der Waals surface area contributed by atoms with E-state index in [0.29, 0.717) is 35.7 Å². The van der Waals surface area contributed by atoms with Gasteiger partial charge in [-0.3, -0.25) is 19.5 Å². The molecule has 0 saturated heterocycles. The molecular weight excluding hydrogens is 540 g/mol. The van der Waals surface area contributed by atoms with Crippen molar-refractivity contribution >= 4 is 17.5 Å². The number of ether oxygens (including phenoxy) is 1. The molecular formula is C35H38N4O4. The lowest BCUT2D eigenvalue weighted by Crippen LogP contribution is -2.49. The molecule has 1 aliphatic rings. The van der Waals surface area contributed by atoms with Crippen LogP contribution in [0.1, 0.15) is 40.1 Å². The summed E-state index contributed by atoms with van der Waals surface area (Å²) in [6.07, 6.45) is 2.89. The first-order valence-corrected chi connectivity index (χ1v) is 14.6. The summed E-state index contributed by atoms with van der Waals surface area (Å²) in [6, 6.07) is 26.9. The fraction of sp³-hybridized carbons (Fsp3) is 0.286. The monoisotopic (exact) mass is 578 g/mol. The number of rotatable bonds is 9. The second-order valence-electron chi connectivity index (χ2n) is 11.3. The SMILES string of the molecule is C[C@@H]1CN([C@@H](C)CO)C(=O)c2cc(NC(=O)c3ccncc3)ccc2O[C@H]1CN(C)Cc1ccc(-c2ccccc2)cc1. The van der Waals surface area contributed by atoms with Crippen molar-refractivity contribution < 1.29 is 19.4 Å². The van der Waals surface area contributed by atoms with E-state index >= 15 is 0 Å². The van der Waals surface area contributed by atoms with Crippen LogP contribution in [0, 0.1) is 5.92 Å². The Morgan fingerprint density at radius 1 is 1.05 bits per heavy atom. The van der Waals surface area contributed by atoms with E-state index in [0.717, 1.165) is 6.54 Å². The molecule has 222 valence electrons. The first-order chi connectivity index (χ1) is 20.8. The summed E-state index contributed by atoms with van der Waals surface area (Å²) in [5.41, 5.74) is 4.86. The number of likely N-dealkylation sites (N-methyl/N-ethyl adjacent to an activating group) is 1. The maximum atomic E-state index is 13.7. The van der Waals surface area contributed by atoms with Gasteiger partial charge in [0.25, 0.3) is 11.8 Å². The minimum atomic E-state index is -0.377. The van der Waals surface area contributed by atoms with E-state index in [4.69, 9.17) is 4.74 Å². The van der Waals surface area contributed by atoms with E-state index in [1.54, 1.807) is 47.6 Å². The third-order valence-electron chi connectivity index (χ3n) is 7.87. The minimum Gasteiger partial charge on any atom is -0.488 e. The van der Waals surface area contributed by atoms with Crippen LogP contribution in [-0.2, 0) is 6.54 Å². The summed E-state index contributed by atoms with van der Waals surface area (Å²) in [4.78, 5) is 34.4. The summed E-state index contributed by atoms with van der Waals surface area (Å²) < 4.78 is 6.54. The number of anilines is 1. The molecule has 5 rings (SSSR count). The molecule has 0 radical (unpaired) electrons. The molecule has 0 unspecified atom stereocenters. The van der Waals surface area contributed by atoms with Crippen molar-refractivity contribution in [2.24, 2.45) is 5.92 Å². The van der Waals surface area contributed by atoms with Gasteiger partial charge in [0.1, 0.15) is 11.9 Å². The average Bonchev–Trinajstić information content (AvgIpc) is 3.03. The van der Waals surface area contributed by atoms with Crippen LogP contribution in [-0.4, -0.2) is 70.6 Å². The zero-order chi connectivity index (χ0) is 30.3. The largest absolute Gasteiger partial charge is 0.488 e. The highest BCUT2D eigenvalue weighted by Gasteiger charge is 2.33. The van der Waals surface area contributed by atoms with Gasteiger partial charge in [0.2, 0.25) is 0 Å². The summed E-state index contributed by atoms with van der Waals surface area (Å²) in [7, 11) is 2.07. The second-order valence-corrected chi connectivity index (χ2v) is 11.3. The Balaban J connectivity index is 1.34. The number of fused-ring (bicyclic) bond motifs is 1. The molecule has 2 amide bonds. The van der Waals surface area contributed by atoms with E-state index in [2.05, 4.69) is 65.6 Å². The smallest absolute Gasteiger partial charge is 0.258 e. The lowest BCUT2D eigenvalue weighted by Gasteiger charge is -2.38. The maximum Gasteiger partial charge on any atom is 0.258 e. The van der Waals surface area contributed by atoms with Crippen molar-refractivity contribution in [3.05, 3.63) is 114 Å². The van der Waals surface area contributed by atoms with Crippen molar-refractivity contribution in [2.75, 3.05) is 32.1 Å². The maximum absolute atomic E-state index is 13.7. The molecule has 8 nitrogen and oxygen atoms in total. The quantitative estimate of drug-likeness (QED) is 0.278. The highest BCUT2D eigenvalue weighted by molar-refractivity contribution is 6.05. The topological polar surface area (TPSA) is 95.0 Å². The average molecular weight is 579 g/mol. The van der Waals surface area contributed by atoms with Gasteiger partial charge in [0.15, 0.2) is 0 Å². The molecule has 4 aromatic rings. The van der Waals surface area contributed by atoms with E-state index in [-0.39, 0.29) is 36.5 Å². The number of carbonyl (C=O) groups excluding carboxylic acids is 2. The third-order valence-corrected chi connectivity index (χ3v) is 7.87. The van der Waals surface area contributed by atoms with Gasteiger partial charge < -0.3 is 20.1 Å². The number of benzene rings is 3. The molecule has 0 bridgehead atoms. The number of aliphatic hydroxyl groups excluding tert-OH is 1. The number of aliphatic hydroxyl groups is 1. The van der Waals surface area contributed by atoms with Crippen molar-refractivity contribution in [2.45, 2.75) is 32.5 Å². The van der Waals surface area contributed by atoms with Gasteiger partial charge >= 0.3 is 0 Å². The molecule has 3 atom stereocenters. The van der Waals surface area contributed by atoms with Gasteiger partial charge in [-0.2, -0.15) is 0 Å². The molecule has 0 fully saturated rings. The number of hydrogen-bond acceptors (Lipinski definition) is 6. The summed E-state index contributed by atoms with van der Waals surface area (Å²) in [6.45, 7) is 5.56. The van der Waals surface area contributed by atoms with Crippen LogP contribution in [0.5, 0.6) is 5.75 Å². The van der Waals surface area contributed by atoms with Crippen LogP contribution in [0.15, 0.2) is 97.3 Å². The summed E-state index contributed by atoms with van der Waals surface area (Å²) in [5.74, 6) is -0.0833. The fourth-order valence-corrected chi connectivity index (χ4v) is 5.34. The lowest BCUT2D eigenvalue weighted by molar-refractivity contribution is 0.0341. The first-order valence-electron chi connectivity index (χ1n) is 14.6. The molecule has 1 aromatic heterocycles.